The van der Waals surface area contributed by atoms with E-state index in [1.54, 1.807) is 49.5 Å². The molecule has 2 aromatic rings. The summed E-state index contributed by atoms with van der Waals surface area (Å²) in [7, 11) is 2.92. The van der Waals surface area contributed by atoms with E-state index < -0.39 is 11.8 Å². The maximum absolute atomic E-state index is 12.0. The van der Waals surface area contributed by atoms with Crippen molar-refractivity contribution in [2.75, 3.05) is 24.9 Å². The van der Waals surface area contributed by atoms with Crippen molar-refractivity contribution in [1.29, 1.82) is 0 Å². The number of nitrogens with one attached hydrogen (secondary N) is 3. The highest BCUT2D eigenvalue weighted by atomic mass is 16.5. The van der Waals surface area contributed by atoms with Crippen molar-refractivity contribution in [3.05, 3.63) is 42.6 Å². The molecule has 0 aliphatic heterocycles. The number of carbonyl (C=O) groups is 3. The second-order valence-electron chi connectivity index (χ2n) is 5.75. The van der Waals surface area contributed by atoms with Crippen LogP contribution in [0.2, 0.25) is 0 Å². The number of benzene rings is 1. The second kappa shape index (κ2) is 10.4. The number of hydrazone groups is 1. The maximum Gasteiger partial charge on any atom is 0.329 e. The number of anilines is 2. The lowest BCUT2D eigenvalue weighted by atomic mass is 10.2. The number of aromatic nitrogens is 1. The monoisotopic (exact) mass is 399 g/mol. The fourth-order valence-corrected chi connectivity index (χ4v) is 2.17. The zero-order chi connectivity index (χ0) is 21.2. The largest absolute Gasteiger partial charge is 0.497 e. The number of nitrogens with zero attached hydrogens (tertiary/aromatic N) is 2. The van der Waals surface area contributed by atoms with Crippen molar-refractivity contribution in [2.24, 2.45) is 5.10 Å². The lowest BCUT2D eigenvalue weighted by Gasteiger charge is -2.11. The molecule has 152 valence electrons. The molecule has 1 aromatic heterocycles. The van der Waals surface area contributed by atoms with Crippen molar-refractivity contribution < 1.29 is 23.9 Å². The van der Waals surface area contributed by atoms with E-state index in [-0.39, 0.29) is 12.3 Å². The molecule has 0 saturated carbocycles. The van der Waals surface area contributed by atoms with E-state index in [1.807, 2.05) is 0 Å². The van der Waals surface area contributed by atoms with Crippen LogP contribution < -0.4 is 25.5 Å². The molecule has 29 heavy (non-hydrogen) atoms. The van der Waals surface area contributed by atoms with Gasteiger partial charge < -0.3 is 20.1 Å². The highest BCUT2D eigenvalue weighted by Gasteiger charge is 2.16. The molecule has 0 saturated heterocycles. The zero-order valence-corrected chi connectivity index (χ0v) is 16.2. The Kier molecular flexibility index (Phi) is 7.66. The number of hydrogen-bond acceptors (Lipinski definition) is 7. The average molecular weight is 399 g/mol. The van der Waals surface area contributed by atoms with E-state index in [0.717, 1.165) is 0 Å². The smallest absolute Gasteiger partial charge is 0.329 e. The number of ether oxygens (including phenoxy) is 2. The third-order valence-electron chi connectivity index (χ3n) is 3.56. The van der Waals surface area contributed by atoms with E-state index in [2.05, 4.69) is 26.1 Å². The van der Waals surface area contributed by atoms with Gasteiger partial charge >= 0.3 is 11.8 Å². The summed E-state index contributed by atoms with van der Waals surface area (Å²) in [4.78, 5) is 39.9. The van der Waals surface area contributed by atoms with E-state index in [1.165, 1.54) is 14.2 Å². The first-order valence-electron chi connectivity index (χ1n) is 8.50. The molecule has 2 rings (SSSR count). The number of hydrogen-bond donors (Lipinski definition) is 3. The van der Waals surface area contributed by atoms with Gasteiger partial charge in [-0.25, -0.2) is 10.4 Å². The molecule has 0 unspecified atom stereocenters. The molecular weight excluding hydrogens is 378 g/mol. The predicted molar refractivity (Wildman–Crippen MR) is 107 cm³/mol. The molecule has 10 heteroatoms. The highest BCUT2D eigenvalue weighted by molar-refractivity contribution is 6.39. The zero-order valence-electron chi connectivity index (χ0n) is 16.2. The van der Waals surface area contributed by atoms with Gasteiger partial charge in [-0.05, 0) is 31.2 Å². The summed E-state index contributed by atoms with van der Waals surface area (Å²) in [6.07, 6.45) is 1.47. The fraction of sp³-hybridized carbons (Fsp3) is 0.211. The molecule has 0 fully saturated rings. The van der Waals surface area contributed by atoms with Crippen molar-refractivity contribution >= 4 is 34.9 Å². The summed E-state index contributed by atoms with van der Waals surface area (Å²) in [5, 5.41) is 8.77. The van der Waals surface area contributed by atoms with Gasteiger partial charge in [0.05, 0.1) is 26.3 Å². The first-order chi connectivity index (χ1) is 13.9. The first kappa shape index (κ1) is 21.4. The summed E-state index contributed by atoms with van der Waals surface area (Å²) < 4.78 is 10.2. The van der Waals surface area contributed by atoms with Crippen LogP contribution in [-0.4, -0.2) is 42.6 Å². The number of amides is 3. The Morgan fingerprint density at radius 1 is 1.03 bits per heavy atom. The van der Waals surface area contributed by atoms with Crippen molar-refractivity contribution in [1.82, 2.24) is 10.4 Å². The molecule has 10 nitrogen and oxygen atoms in total. The van der Waals surface area contributed by atoms with Gasteiger partial charge in [-0.2, -0.15) is 5.10 Å². The summed E-state index contributed by atoms with van der Waals surface area (Å²) in [5.74, 6) is -1.02. The molecule has 0 aliphatic rings. The Morgan fingerprint density at radius 3 is 2.48 bits per heavy atom. The Bertz CT molecular complexity index is 914. The number of methoxy groups -OCH3 is 2. The van der Waals surface area contributed by atoms with Gasteiger partial charge in [-0.3, -0.25) is 14.4 Å². The van der Waals surface area contributed by atoms with Gasteiger partial charge in [-0.1, -0.05) is 6.07 Å². The number of pyridine rings is 1. The molecule has 1 aromatic carbocycles. The third-order valence-corrected chi connectivity index (χ3v) is 3.56. The van der Waals surface area contributed by atoms with Crippen LogP contribution in [0.5, 0.6) is 11.5 Å². The van der Waals surface area contributed by atoms with Crippen LogP contribution in [0.1, 0.15) is 13.3 Å². The Labute approximate surface area is 167 Å². The van der Waals surface area contributed by atoms with Gasteiger partial charge in [0.25, 0.3) is 0 Å². The number of rotatable bonds is 7. The van der Waals surface area contributed by atoms with Crippen LogP contribution in [0.25, 0.3) is 0 Å². The van der Waals surface area contributed by atoms with Gasteiger partial charge in [0, 0.05) is 18.0 Å². The minimum atomic E-state index is -0.993. The minimum Gasteiger partial charge on any atom is -0.497 e. The summed E-state index contributed by atoms with van der Waals surface area (Å²) in [6.45, 7) is 1.54. The Morgan fingerprint density at radius 2 is 1.83 bits per heavy atom. The van der Waals surface area contributed by atoms with Crippen LogP contribution >= 0.6 is 0 Å². The molecule has 0 bridgehead atoms. The predicted octanol–water partition coefficient (Wildman–Crippen LogP) is 1.56. The topological polar surface area (TPSA) is 131 Å². The van der Waals surface area contributed by atoms with Crippen LogP contribution in [0.4, 0.5) is 11.5 Å². The minimum absolute atomic E-state index is 0.0786. The molecule has 3 N–H and O–H groups in total. The van der Waals surface area contributed by atoms with Gasteiger partial charge in [-0.15, -0.1) is 0 Å². The summed E-state index contributed by atoms with van der Waals surface area (Å²) in [6, 6.07) is 9.82. The molecule has 0 aliphatic carbocycles. The Hall–Kier alpha value is -3.95. The highest BCUT2D eigenvalue weighted by Crippen LogP contribution is 2.28. The third kappa shape index (κ3) is 6.61. The van der Waals surface area contributed by atoms with Crippen LogP contribution in [0.3, 0.4) is 0 Å². The van der Waals surface area contributed by atoms with Crippen molar-refractivity contribution in [3.8, 4) is 11.5 Å². The van der Waals surface area contributed by atoms with Crippen LogP contribution in [0, 0.1) is 0 Å². The van der Waals surface area contributed by atoms with Gasteiger partial charge in [0.2, 0.25) is 5.91 Å². The molecule has 0 atom stereocenters. The van der Waals surface area contributed by atoms with Gasteiger partial charge in [0.15, 0.2) is 0 Å². The summed E-state index contributed by atoms with van der Waals surface area (Å²) in [5.41, 5.74) is 2.71. The van der Waals surface area contributed by atoms with E-state index in [4.69, 9.17) is 9.47 Å². The molecule has 1 heterocycles. The van der Waals surface area contributed by atoms with Crippen molar-refractivity contribution in [3.63, 3.8) is 0 Å². The standard InChI is InChI=1S/C19H21N5O5/c1-12(10-17(25)22-16-6-4-5-9-20-16)23-24-19(27)18(26)21-14-8-7-13(28-2)11-15(14)29-3/h4-9,11H,10H2,1-3H3,(H,21,26)(H,24,27)(H,20,22,25)/b23-12-. The number of carbonyl (C=O) groups excluding carboxylic acids is 3. The lowest BCUT2D eigenvalue weighted by Crippen LogP contribution is -2.33. The molecule has 0 radical (unpaired) electrons. The van der Waals surface area contributed by atoms with E-state index >= 15 is 0 Å². The maximum atomic E-state index is 12.0. The van der Waals surface area contributed by atoms with Gasteiger partial charge in [0.1, 0.15) is 17.3 Å². The van der Waals surface area contributed by atoms with Crippen LogP contribution in [-0.2, 0) is 14.4 Å². The average Bonchev–Trinajstić information content (AvgIpc) is 2.72. The Balaban J connectivity index is 1.88. The quantitative estimate of drug-likeness (QED) is 0.368. The van der Waals surface area contributed by atoms with Crippen LogP contribution in [0.15, 0.2) is 47.7 Å². The van der Waals surface area contributed by atoms with E-state index in [9.17, 15) is 14.4 Å². The first-order valence-corrected chi connectivity index (χ1v) is 8.50. The SMILES string of the molecule is COc1ccc(NC(=O)C(=O)N/N=C(/C)CC(=O)Nc2ccccn2)c(OC)c1. The lowest BCUT2D eigenvalue weighted by molar-refractivity contribution is -0.136. The van der Waals surface area contributed by atoms with E-state index in [0.29, 0.717) is 28.7 Å². The summed E-state index contributed by atoms with van der Waals surface area (Å²) >= 11 is 0. The van der Waals surface area contributed by atoms with Crippen molar-refractivity contribution in [2.45, 2.75) is 13.3 Å². The molecule has 3 amide bonds. The normalized spacial score (nSPS) is 10.7. The second-order valence-corrected chi connectivity index (χ2v) is 5.75. The fourth-order valence-electron chi connectivity index (χ4n) is 2.17. The molecular formula is C19H21N5O5. The molecule has 0 spiro atoms.